The molecule has 2 heterocycles. The molecule has 1 saturated heterocycles. The molecular formula is C12H16N2O4. The van der Waals surface area contributed by atoms with E-state index in [0.717, 1.165) is 19.4 Å². The first-order chi connectivity index (χ1) is 8.49. The Hall–Kier alpha value is -1.85. The van der Waals surface area contributed by atoms with Crippen LogP contribution in [-0.4, -0.2) is 40.0 Å². The van der Waals surface area contributed by atoms with Gasteiger partial charge in [-0.3, -0.25) is 4.79 Å². The van der Waals surface area contributed by atoms with E-state index >= 15 is 0 Å². The number of carboxylic acid groups (broad SMARTS) is 1. The fourth-order valence-corrected chi connectivity index (χ4v) is 2.26. The molecule has 0 aliphatic carbocycles. The molecule has 1 amide bonds. The third-order valence-corrected chi connectivity index (χ3v) is 3.22. The number of nitrogens with zero attached hydrogens (tertiary/aromatic N) is 2. The molecule has 0 bridgehead atoms. The van der Waals surface area contributed by atoms with Crippen molar-refractivity contribution in [2.75, 3.05) is 13.1 Å². The van der Waals surface area contributed by atoms with E-state index in [0.29, 0.717) is 18.1 Å². The van der Waals surface area contributed by atoms with E-state index in [1.54, 1.807) is 11.8 Å². The quantitative estimate of drug-likeness (QED) is 0.860. The normalized spacial score (nSPS) is 19.9. The van der Waals surface area contributed by atoms with Crippen molar-refractivity contribution in [1.82, 2.24) is 9.88 Å². The predicted octanol–water partition coefficient (Wildman–Crippen LogP) is 1.41. The maximum Gasteiger partial charge on any atom is 0.373 e. The maximum absolute atomic E-state index is 11.3. The van der Waals surface area contributed by atoms with Gasteiger partial charge in [0.05, 0.1) is 11.6 Å². The topological polar surface area (TPSA) is 83.6 Å². The van der Waals surface area contributed by atoms with Crippen LogP contribution in [0.4, 0.5) is 0 Å². The van der Waals surface area contributed by atoms with Gasteiger partial charge in [0.15, 0.2) is 5.89 Å². The Bertz CT molecular complexity index is 480. The summed E-state index contributed by atoms with van der Waals surface area (Å²) >= 11 is 0. The fourth-order valence-electron chi connectivity index (χ4n) is 2.26. The van der Waals surface area contributed by atoms with Crippen molar-refractivity contribution >= 4 is 11.9 Å². The standard InChI is InChI=1S/C12H16N2O4/c1-7-10(12(16)17)18-11(13-7)9-4-3-5-14(6-9)8(2)15/h9H,3-6H2,1-2H3,(H,16,17). The molecule has 2 rings (SSSR count). The Kier molecular flexibility index (Phi) is 3.36. The summed E-state index contributed by atoms with van der Waals surface area (Å²) < 4.78 is 5.29. The van der Waals surface area contributed by atoms with Gasteiger partial charge in [0.1, 0.15) is 0 Å². The number of carboxylic acids is 1. The van der Waals surface area contributed by atoms with Crippen molar-refractivity contribution in [1.29, 1.82) is 0 Å². The second-order valence-electron chi connectivity index (χ2n) is 4.58. The van der Waals surface area contributed by atoms with Crippen molar-refractivity contribution in [3.63, 3.8) is 0 Å². The van der Waals surface area contributed by atoms with Gasteiger partial charge < -0.3 is 14.4 Å². The van der Waals surface area contributed by atoms with Crippen molar-refractivity contribution in [2.24, 2.45) is 0 Å². The second-order valence-corrected chi connectivity index (χ2v) is 4.58. The molecule has 1 aromatic heterocycles. The largest absolute Gasteiger partial charge is 0.475 e. The number of likely N-dealkylation sites (tertiary alicyclic amines) is 1. The van der Waals surface area contributed by atoms with Crippen LogP contribution in [0.15, 0.2) is 4.42 Å². The van der Waals surface area contributed by atoms with Crippen LogP contribution in [0.2, 0.25) is 0 Å². The van der Waals surface area contributed by atoms with E-state index in [4.69, 9.17) is 9.52 Å². The highest BCUT2D eigenvalue weighted by Gasteiger charge is 2.28. The van der Waals surface area contributed by atoms with Gasteiger partial charge in [0.2, 0.25) is 11.7 Å². The van der Waals surface area contributed by atoms with Crippen molar-refractivity contribution in [2.45, 2.75) is 32.6 Å². The van der Waals surface area contributed by atoms with E-state index in [9.17, 15) is 9.59 Å². The lowest BCUT2D eigenvalue weighted by Gasteiger charge is -2.30. The highest BCUT2D eigenvalue weighted by Crippen LogP contribution is 2.27. The first-order valence-electron chi connectivity index (χ1n) is 5.95. The van der Waals surface area contributed by atoms with Crippen LogP contribution in [0.5, 0.6) is 0 Å². The molecule has 6 nitrogen and oxygen atoms in total. The lowest BCUT2D eigenvalue weighted by atomic mass is 9.98. The molecule has 1 N–H and O–H groups in total. The molecule has 1 aliphatic heterocycles. The molecule has 0 spiro atoms. The van der Waals surface area contributed by atoms with Crippen LogP contribution >= 0.6 is 0 Å². The molecule has 6 heteroatoms. The number of piperidine rings is 1. The number of carbonyl (C=O) groups excluding carboxylic acids is 1. The summed E-state index contributed by atoms with van der Waals surface area (Å²) in [6.07, 6.45) is 1.75. The van der Waals surface area contributed by atoms with Gasteiger partial charge in [-0.1, -0.05) is 0 Å². The van der Waals surface area contributed by atoms with Gasteiger partial charge in [-0.05, 0) is 19.8 Å². The Morgan fingerprint density at radius 2 is 2.22 bits per heavy atom. The number of aromatic nitrogens is 1. The summed E-state index contributed by atoms with van der Waals surface area (Å²) in [5.41, 5.74) is 0.387. The van der Waals surface area contributed by atoms with E-state index in [2.05, 4.69) is 4.98 Å². The minimum atomic E-state index is -1.11. The second kappa shape index (κ2) is 4.80. The van der Waals surface area contributed by atoms with E-state index in [-0.39, 0.29) is 17.6 Å². The minimum absolute atomic E-state index is 0.00514. The number of aromatic carboxylic acids is 1. The zero-order valence-electron chi connectivity index (χ0n) is 10.5. The maximum atomic E-state index is 11.3. The summed E-state index contributed by atoms with van der Waals surface area (Å²) in [6.45, 7) is 4.44. The van der Waals surface area contributed by atoms with Crippen molar-refractivity contribution < 1.29 is 19.1 Å². The summed E-state index contributed by atoms with van der Waals surface area (Å²) in [6, 6.07) is 0. The molecular weight excluding hydrogens is 236 g/mol. The Morgan fingerprint density at radius 3 is 2.78 bits per heavy atom. The van der Waals surface area contributed by atoms with Gasteiger partial charge in [0, 0.05) is 20.0 Å². The number of hydrogen-bond acceptors (Lipinski definition) is 4. The zero-order valence-corrected chi connectivity index (χ0v) is 10.5. The average molecular weight is 252 g/mol. The van der Waals surface area contributed by atoms with Gasteiger partial charge in [-0.2, -0.15) is 0 Å². The third kappa shape index (κ3) is 2.37. The Morgan fingerprint density at radius 1 is 1.50 bits per heavy atom. The predicted molar refractivity (Wildman–Crippen MR) is 62.4 cm³/mol. The Balaban J connectivity index is 2.18. The van der Waals surface area contributed by atoms with Crippen molar-refractivity contribution in [3.05, 3.63) is 17.3 Å². The molecule has 0 radical (unpaired) electrons. The SMILES string of the molecule is CC(=O)N1CCCC(c2nc(C)c(C(=O)O)o2)C1. The van der Waals surface area contributed by atoms with Crippen LogP contribution in [0.1, 0.15) is 47.8 Å². The zero-order chi connectivity index (χ0) is 13.3. The molecule has 1 fully saturated rings. The number of amides is 1. The van der Waals surface area contributed by atoms with Crippen LogP contribution < -0.4 is 0 Å². The third-order valence-electron chi connectivity index (χ3n) is 3.22. The van der Waals surface area contributed by atoms with Crippen LogP contribution in [0, 0.1) is 6.92 Å². The number of rotatable bonds is 2. The van der Waals surface area contributed by atoms with E-state index < -0.39 is 5.97 Å². The highest BCUT2D eigenvalue weighted by atomic mass is 16.4. The van der Waals surface area contributed by atoms with Crippen molar-refractivity contribution in [3.8, 4) is 0 Å². The summed E-state index contributed by atoms with van der Waals surface area (Å²) in [7, 11) is 0. The Labute approximate surface area is 105 Å². The first-order valence-corrected chi connectivity index (χ1v) is 5.95. The molecule has 1 unspecified atom stereocenters. The summed E-state index contributed by atoms with van der Waals surface area (Å²) in [4.78, 5) is 28.1. The summed E-state index contributed by atoms with van der Waals surface area (Å²) in [5.74, 6) is -0.762. The van der Waals surface area contributed by atoms with Crippen LogP contribution in [-0.2, 0) is 4.79 Å². The highest BCUT2D eigenvalue weighted by molar-refractivity contribution is 5.85. The molecule has 0 saturated carbocycles. The van der Waals surface area contributed by atoms with E-state index in [1.807, 2.05) is 0 Å². The van der Waals surface area contributed by atoms with Crippen LogP contribution in [0.3, 0.4) is 0 Å². The number of hydrogen-bond donors (Lipinski definition) is 1. The lowest BCUT2D eigenvalue weighted by molar-refractivity contribution is -0.130. The fraction of sp³-hybridized carbons (Fsp3) is 0.583. The summed E-state index contributed by atoms with van der Waals surface area (Å²) in [5, 5.41) is 8.92. The van der Waals surface area contributed by atoms with Gasteiger partial charge >= 0.3 is 5.97 Å². The molecule has 1 atom stereocenters. The molecule has 1 aromatic rings. The monoisotopic (exact) mass is 252 g/mol. The molecule has 98 valence electrons. The molecule has 1 aliphatic rings. The van der Waals surface area contributed by atoms with E-state index in [1.165, 1.54) is 6.92 Å². The average Bonchev–Trinajstić information content (AvgIpc) is 2.71. The van der Waals surface area contributed by atoms with Gasteiger partial charge in [-0.15, -0.1) is 0 Å². The first kappa shape index (κ1) is 12.6. The number of carbonyl (C=O) groups is 2. The molecule has 18 heavy (non-hydrogen) atoms. The van der Waals surface area contributed by atoms with Crippen LogP contribution in [0.25, 0.3) is 0 Å². The smallest absolute Gasteiger partial charge is 0.373 e. The minimum Gasteiger partial charge on any atom is -0.475 e. The van der Waals surface area contributed by atoms with Gasteiger partial charge in [-0.25, -0.2) is 9.78 Å². The number of aryl methyl sites for hydroxylation is 1. The van der Waals surface area contributed by atoms with Gasteiger partial charge in [0.25, 0.3) is 0 Å². The molecule has 0 aromatic carbocycles. The number of oxazole rings is 1. The lowest BCUT2D eigenvalue weighted by Crippen LogP contribution is -2.37.